The predicted octanol–water partition coefficient (Wildman–Crippen LogP) is 14.1. The molecule has 11 fully saturated rings. The van der Waals surface area contributed by atoms with Crippen molar-refractivity contribution in [3.05, 3.63) is 67.6 Å². The predicted molar refractivity (Wildman–Crippen MR) is 363 cm³/mol. The van der Waals surface area contributed by atoms with E-state index in [1.54, 1.807) is 38.5 Å². The third-order valence-corrected chi connectivity index (χ3v) is 33.2. The summed E-state index contributed by atoms with van der Waals surface area (Å²) in [6, 6.07) is 18.0. The molecular weight excluding hydrogens is 1170 g/mol. The zero-order valence-corrected chi connectivity index (χ0v) is 60.7. The molecular formula is C78H125LiO10S2. The van der Waals surface area contributed by atoms with E-state index >= 15 is 0 Å². The summed E-state index contributed by atoms with van der Waals surface area (Å²) in [5, 5.41) is 32.9. The second kappa shape index (κ2) is 28.9. The van der Waals surface area contributed by atoms with Crippen LogP contribution in [0, 0.1) is 99.6 Å². The van der Waals surface area contributed by atoms with Crippen molar-refractivity contribution in [3.63, 3.8) is 0 Å². The van der Waals surface area contributed by atoms with E-state index < -0.39 is 41.7 Å². The van der Waals surface area contributed by atoms with Crippen LogP contribution >= 0.6 is 0 Å². The quantitative estimate of drug-likeness (QED) is 0.100. The van der Waals surface area contributed by atoms with Crippen LogP contribution in [0.25, 0.3) is 0 Å². The van der Waals surface area contributed by atoms with Gasteiger partial charge in [-0.2, -0.15) is 6.42 Å². The van der Waals surface area contributed by atoms with Crippen molar-refractivity contribution < 1.29 is 65.2 Å². The van der Waals surface area contributed by atoms with Crippen LogP contribution < -0.4 is 18.9 Å². The fraction of sp³-hybridized carbons (Fsp3) is 0.833. The monoisotopic (exact) mass is 1290 g/mol. The molecule has 10 saturated carbocycles. The van der Waals surface area contributed by atoms with Crippen molar-refractivity contribution in [2.45, 2.75) is 298 Å². The maximum Gasteiger partial charge on any atom is 1.00 e. The minimum atomic E-state index is -3.63. The molecule has 1 aliphatic heterocycles. The molecule has 13 rings (SSSR count). The molecule has 0 amide bonds. The third kappa shape index (κ3) is 15.3. The van der Waals surface area contributed by atoms with E-state index in [9.17, 15) is 32.2 Å². The molecule has 3 N–H and O–H groups in total. The number of rotatable bonds is 13. The number of unbranched alkanes of at least 4 members (excludes halogenated alkanes) is 1. The maximum atomic E-state index is 14.5. The van der Waals surface area contributed by atoms with E-state index in [0.717, 1.165) is 88.1 Å². The zero-order chi connectivity index (χ0) is 64.9. The van der Waals surface area contributed by atoms with Crippen LogP contribution in [-0.2, 0) is 33.9 Å². The van der Waals surface area contributed by atoms with Crippen molar-refractivity contribution in [2.24, 2.45) is 92.7 Å². The molecule has 91 heavy (non-hydrogen) atoms. The SMILES string of the molecule is COC1CCC(O)(CC([C@@H](C)[C@H]2CC[C@H]3[C@@H]4CC[C@H]5C[C@@](C)(O)CC[C@]5(C)[C@H]4CC[C@]23C)S(=O)(=O)c2ccccc2)CC1.COC1CCC2(CC1)CO2.C[C@H](CS(=O)(=O)c1ccccc1)[C@H]1CC[C@H]2[C@@H]3CC[C@H]4C[C@@](C)(O)CC[C@]4(C)[C@H]3CC[C@]12C.[CH2-]CCC.[Li+]. The van der Waals surface area contributed by atoms with Crippen molar-refractivity contribution in [3.8, 4) is 0 Å². The molecule has 510 valence electrons. The standard InChI is InChI=1S/C37H58O5S.C29H44O3S.C8H14O2.C4H9.Li/c1-25(33(43(40,41)28-9-7-6-8-10-28)24-37(39)19-15-27(42-5)16-20-37)30-13-14-31-29-12-11-26-23-34(2,38)21-22-35(26,3)32(29)17-18-36(30,31)4;1-20(19-33(31,32)22-8-6-5-7-9-22)24-12-13-25-23-11-10-21-18-27(2,30)16-17-28(21,3)26(23)14-15-29(24,25)4;1-9-7-2-4-8(5-3-7)6-10-8;1-3-4-2;/h6-10,25-27,29-33,38-39H,11-24H2,1-5H3;5-9,20-21,23-26,30H,10-19H2,1-4H3;7H,2-6H2,1H3;1,3-4H2,2H3;/q;;;-1;+1/t25-,26-,27?,29-,30+,31-,32-,33?,34-,35-,36+,37?;20-,21+,23+,24-,25+,26+,27+,28+,29-;;;/m01.../s1. The Balaban J connectivity index is 0.000000179. The largest absolute Gasteiger partial charge is 1.00 e. The van der Waals surface area contributed by atoms with Crippen molar-refractivity contribution >= 4 is 19.7 Å². The number of benzene rings is 2. The van der Waals surface area contributed by atoms with Gasteiger partial charge in [-0.3, -0.25) is 0 Å². The number of epoxide rings is 1. The first kappa shape index (κ1) is 73.9. The van der Waals surface area contributed by atoms with Gasteiger partial charge in [-0.25, -0.2) is 16.8 Å². The van der Waals surface area contributed by atoms with Crippen LogP contribution in [0.3, 0.4) is 0 Å². The van der Waals surface area contributed by atoms with Gasteiger partial charge in [0.2, 0.25) is 0 Å². The average molecular weight is 1290 g/mol. The van der Waals surface area contributed by atoms with Crippen LogP contribution in [-0.4, -0.2) is 98.6 Å². The van der Waals surface area contributed by atoms with Crippen LogP contribution in [0.4, 0.5) is 0 Å². The van der Waals surface area contributed by atoms with Crippen molar-refractivity contribution in [1.29, 1.82) is 0 Å². The molecule has 13 heteroatoms. The van der Waals surface area contributed by atoms with Crippen LogP contribution in [0.15, 0.2) is 70.5 Å². The van der Waals surface area contributed by atoms with E-state index in [-0.39, 0.29) is 53.4 Å². The molecule has 1 unspecified atom stereocenters. The number of hydrogen-bond donors (Lipinski definition) is 3. The van der Waals surface area contributed by atoms with Gasteiger partial charge in [-0.05, 0) is 304 Å². The van der Waals surface area contributed by atoms with Crippen LogP contribution in [0.2, 0.25) is 0 Å². The van der Waals surface area contributed by atoms with Gasteiger partial charge in [0.25, 0.3) is 0 Å². The Kier molecular flexibility index (Phi) is 23.5. The average Bonchev–Trinajstić information content (AvgIpc) is 1.71. The third-order valence-electron chi connectivity index (χ3n) is 28.9. The molecule has 19 atom stereocenters. The summed E-state index contributed by atoms with van der Waals surface area (Å²) in [4.78, 5) is 0.864. The number of hydrogen-bond acceptors (Lipinski definition) is 10. The van der Waals surface area contributed by atoms with E-state index in [1.165, 1.54) is 109 Å². The molecule has 1 heterocycles. The van der Waals surface area contributed by atoms with Gasteiger partial charge < -0.3 is 36.5 Å². The normalized spacial score (nSPS) is 44.0. The smallest absolute Gasteiger partial charge is 0.390 e. The Morgan fingerprint density at radius 3 is 1.40 bits per heavy atom. The maximum absolute atomic E-state index is 14.5. The van der Waals surface area contributed by atoms with Gasteiger partial charge >= 0.3 is 18.9 Å². The zero-order valence-electron chi connectivity index (χ0n) is 59.1. The van der Waals surface area contributed by atoms with E-state index in [2.05, 4.69) is 55.4 Å². The fourth-order valence-electron chi connectivity index (χ4n) is 23.2. The van der Waals surface area contributed by atoms with E-state index in [1.807, 2.05) is 50.2 Å². The molecule has 0 aromatic heterocycles. The Hall–Kier alpha value is -1.30. The summed E-state index contributed by atoms with van der Waals surface area (Å²) in [6.45, 7) is 25.3. The number of sulfone groups is 2. The number of fused-ring (bicyclic) bond motifs is 10. The topological polar surface area (TPSA) is 160 Å². The van der Waals surface area contributed by atoms with E-state index in [0.29, 0.717) is 87.1 Å². The molecule has 11 aliphatic rings. The first-order valence-electron chi connectivity index (χ1n) is 36.7. The first-order chi connectivity index (χ1) is 42.4. The summed E-state index contributed by atoms with van der Waals surface area (Å²) in [7, 11) is -3.34. The van der Waals surface area contributed by atoms with Crippen LogP contribution in [0.1, 0.15) is 249 Å². The van der Waals surface area contributed by atoms with E-state index in [4.69, 9.17) is 14.2 Å². The van der Waals surface area contributed by atoms with Gasteiger partial charge in [-0.1, -0.05) is 91.3 Å². The summed E-state index contributed by atoms with van der Waals surface area (Å²) >= 11 is 0. The van der Waals surface area contributed by atoms with Crippen molar-refractivity contribution in [2.75, 3.05) is 26.6 Å². The number of methoxy groups -OCH3 is 2. The minimum absolute atomic E-state index is 0. The van der Waals surface area contributed by atoms with Gasteiger partial charge in [0.05, 0.1) is 62.0 Å². The summed E-state index contributed by atoms with van der Waals surface area (Å²) in [5.41, 5.74) is -0.525. The van der Waals surface area contributed by atoms with Gasteiger partial charge in [0.15, 0.2) is 19.7 Å². The summed E-state index contributed by atoms with van der Waals surface area (Å²) < 4.78 is 71.4. The summed E-state index contributed by atoms with van der Waals surface area (Å²) in [6.07, 6.45) is 31.6. The second-order valence-electron chi connectivity index (χ2n) is 34.1. The molecule has 0 bridgehead atoms. The number of ether oxygens (including phenoxy) is 3. The Morgan fingerprint density at radius 2 is 0.956 bits per heavy atom. The van der Waals surface area contributed by atoms with Crippen LogP contribution in [0.5, 0.6) is 0 Å². The molecule has 2 aromatic rings. The van der Waals surface area contributed by atoms with Gasteiger partial charge in [0, 0.05) is 14.2 Å². The summed E-state index contributed by atoms with van der Waals surface area (Å²) in [5.74, 6) is 6.92. The Bertz CT molecular complexity index is 2880. The van der Waals surface area contributed by atoms with Gasteiger partial charge in [0.1, 0.15) is 0 Å². The minimum Gasteiger partial charge on any atom is -0.390 e. The Labute approximate surface area is 566 Å². The molecule has 0 radical (unpaired) electrons. The second-order valence-corrected chi connectivity index (χ2v) is 38.3. The first-order valence-corrected chi connectivity index (χ1v) is 39.9. The molecule has 10 nitrogen and oxygen atoms in total. The van der Waals surface area contributed by atoms with Gasteiger partial charge in [-0.15, -0.1) is 0 Å². The molecule has 10 aliphatic carbocycles. The number of aliphatic hydroxyl groups is 3. The Morgan fingerprint density at radius 1 is 0.538 bits per heavy atom. The molecule has 1 spiro atoms. The fourth-order valence-corrected chi connectivity index (χ4v) is 27.1. The molecule has 1 saturated heterocycles. The van der Waals surface area contributed by atoms with Crippen molar-refractivity contribution in [1.82, 2.24) is 0 Å². The molecule has 2 aromatic carbocycles.